The lowest BCUT2D eigenvalue weighted by atomic mass is 10.1. The first-order valence-electron chi connectivity index (χ1n) is 8.10. The summed E-state index contributed by atoms with van der Waals surface area (Å²) >= 11 is 0. The summed E-state index contributed by atoms with van der Waals surface area (Å²) in [6, 6.07) is 15.2. The van der Waals surface area contributed by atoms with Crippen LogP contribution >= 0.6 is 0 Å². The quantitative estimate of drug-likeness (QED) is 0.732. The molecule has 1 unspecified atom stereocenters. The molecule has 0 amide bonds. The van der Waals surface area contributed by atoms with Gasteiger partial charge in [0.25, 0.3) is 0 Å². The van der Waals surface area contributed by atoms with E-state index in [9.17, 15) is 16.8 Å². The molecule has 8 heteroatoms. The maximum Gasteiger partial charge on any atom is 0.240 e. The molecule has 2 rings (SSSR count). The molecule has 0 fully saturated rings. The van der Waals surface area contributed by atoms with E-state index >= 15 is 0 Å². The van der Waals surface area contributed by atoms with Crippen LogP contribution in [-0.4, -0.2) is 54.7 Å². The Hall–Kier alpha value is -1.74. The number of nitrogens with one attached hydrogen (secondary N) is 1. The van der Waals surface area contributed by atoms with Gasteiger partial charge in [0.15, 0.2) is 9.84 Å². The van der Waals surface area contributed by atoms with Crippen LogP contribution in [0.3, 0.4) is 0 Å². The third kappa shape index (κ3) is 5.63. The van der Waals surface area contributed by atoms with Crippen molar-refractivity contribution in [3.8, 4) is 0 Å². The third-order valence-electron chi connectivity index (χ3n) is 4.10. The summed E-state index contributed by atoms with van der Waals surface area (Å²) in [6.07, 6.45) is 1.74. The van der Waals surface area contributed by atoms with Crippen molar-refractivity contribution in [3.05, 3.63) is 60.2 Å². The molecule has 0 aliphatic carbocycles. The molecule has 26 heavy (non-hydrogen) atoms. The van der Waals surface area contributed by atoms with E-state index in [1.807, 2.05) is 49.3 Å². The zero-order valence-corrected chi connectivity index (χ0v) is 16.7. The second-order valence-corrected chi connectivity index (χ2v) is 10.2. The van der Waals surface area contributed by atoms with Crippen molar-refractivity contribution in [1.29, 1.82) is 0 Å². The van der Waals surface area contributed by atoms with Gasteiger partial charge in [0, 0.05) is 18.8 Å². The van der Waals surface area contributed by atoms with E-state index in [0.29, 0.717) is 6.42 Å². The predicted octanol–water partition coefficient (Wildman–Crippen LogP) is 1.54. The van der Waals surface area contributed by atoms with Crippen LogP contribution in [0.25, 0.3) is 0 Å². The van der Waals surface area contributed by atoms with Crippen molar-refractivity contribution in [1.82, 2.24) is 9.62 Å². The Morgan fingerprint density at radius 3 is 2.12 bits per heavy atom. The minimum Gasteiger partial charge on any atom is -0.305 e. The third-order valence-corrected chi connectivity index (χ3v) is 6.63. The summed E-state index contributed by atoms with van der Waals surface area (Å²) in [6.45, 7) is 0.216. The lowest BCUT2D eigenvalue weighted by molar-refractivity contribution is 0.291. The van der Waals surface area contributed by atoms with Gasteiger partial charge in [0.05, 0.1) is 9.79 Å². The Labute approximate surface area is 155 Å². The van der Waals surface area contributed by atoms with Gasteiger partial charge in [-0.25, -0.2) is 21.6 Å². The van der Waals surface area contributed by atoms with E-state index in [-0.39, 0.29) is 22.4 Å². The summed E-state index contributed by atoms with van der Waals surface area (Å²) in [4.78, 5) is 1.88. The molecule has 0 spiro atoms. The topological polar surface area (TPSA) is 83.6 Å². The Bertz CT molecular complexity index is 940. The summed E-state index contributed by atoms with van der Waals surface area (Å²) < 4.78 is 51.0. The standard InChI is InChI=1S/C18H24N2O4S2/c1-20(2)16(12-15-8-5-4-6-9-15)14-19-26(23,24)18-11-7-10-17(13-18)25(3,21)22/h4-11,13,16,19H,12,14H2,1-3H3. The lowest BCUT2D eigenvalue weighted by Gasteiger charge is -2.24. The minimum atomic E-state index is -3.81. The first-order chi connectivity index (χ1) is 12.1. The zero-order chi connectivity index (χ0) is 19.4. The zero-order valence-electron chi connectivity index (χ0n) is 15.1. The van der Waals surface area contributed by atoms with Crippen LogP contribution in [0.5, 0.6) is 0 Å². The van der Waals surface area contributed by atoms with Crippen molar-refractivity contribution >= 4 is 19.9 Å². The van der Waals surface area contributed by atoms with Gasteiger partial charge in [-0.3, -0.25) is 0 Å². The van der Waals surface area contributed by atoms with Crippen LogP contribution in [-0.2, 0) is 26.3 Å². The van der Waals surface area contributed by atoms with E-state index in [0.717, 1.165) is 11.8 Å². The highest BCUT2D eigenvalue weighted by atomic mass is 32.2. The van der Waals surface area contributed by atoms with E-state index in [1.165, 1.54) is 24.3 Å². The van der Waals surface area contributed by atoms with Crippen LogP contribution in [0.4, 0.5) is 0 Å². The van der Waals surface area contributed by atoms with Crippen molar-refractivity contribution in [2.45, 2.75) is 22.3 Å². The van der Waals surface area contributed by atoms with Crippen molar-refractivity contribution in [2.75, 3.05) is 26.9 Å². The number of likely N-dealkylation sites (N-methyl/N-ethyl adjacent to an activating group) is 1. The molecule has 2 aromatic carbocycles. The first kappa shape index (κ1) is 20.6. The van der Waals surface area contributed by atoms with Gasteiger partial charge in [-0.05, 0) is 44.3 Å². The monoisotopic (exact) mass is 396 g/mol. The van der Waals surface area contributed by atoms with Crippen LogP contribution in [0, 0.1) is 0 Å². The highest BCUT2D eigenvalue weighted by Gasteiger charge is 2.20. The molecule has 142 valence electrons. The van der Waals surface area contributed by atoms with Crippen molar-refractivity contribution in [3.63, 3.8) is 0 Å². The van der Waals surface area contributed by atoms with Gasteiger partial charge in [-0.15, -0.1) is 0 Å². The summed E-state index contributed by atoms with van der Waals surface area (Å²) in [7, 11) is -3.49. The van der Waals surface area contributed by atoms with Gasteiger partial charge in [0.1, 0.15) is 0 Å². The van der Waals surface area contributed by atoms with Gasteiger partial charge < -0.3 is 4.90 Å². The number of benzene rings is 2. The molecule has 2 aromatic rings. The highest BCUT2D eigenvalue weighted by molar-refractivity contribution is 7.91. The maximum absolute atomic E-state index is 12.6. The molecule has 1 atom stereocenters. The molecule has 1 N–H and O–H groups in total. The number of rotatable bonds is 8. The predicted molar refractivity (Wildman–Crippen MR) is 102 cm³/mol. The number of hydrogen-bond acceptors (Lipinski definition) is 5. The average molecular weight is 397 g/mol. The Morgan fingerprint density at radius 2 is 1.54 bits per heavy atom. The highest BCUT2D eigenvalue weighted by Crippen LogP contribution is 2.16. The van der Waals surface area contributed by atoms with Crippen LogP contribution in [0.2, 0.25) is 0 Å². The molecule has 0 radical (unpaired) electrons. The molecule has 0 heterocycles. The molecule has 0 saturated carbocycles. The summed E-state index contributed by atoms with van der Waals surface area (Å²) in [5.41, 5.74) is 1.12. The van der Waals surface area contributed by atoms with Crippen LogP contribution < -0.4 is 4.72 Å². The molecular weight excluding hydrogens is 372 g/mol. The maximum atomic E-state index is 12.6. The van der Waals surface area contributed by atoms with Gasteiger partial charge in [-0.1, -0.05) is 36.4 Å². The molecule has 0 bridgehead atoms. The SMILES string of the molecule is CN(C)C(CNS(=O)(=O)c1cccc(S(C)(=O)=O)c1)Cc1ccccc1. The first-order valence-corrected chi connectivity index (χ1v) is 11.5. The van der Waals surface area contributed by atoms with Gasteiger partial charge in [0.2, 0.25) is 10.0 Å². The molecule has 6 nitrogen and oxygen atoms in total. The van der Waals surface area contributed by atoms with E-state index in [4.69, 9.17) is 0 Å². The molecular formula is C18H24N2O4S2. The van der Waals surface area contributed by atoms with Crippen LogP contribution in [0.15, 0.2) is 64.4 Å². The fourth-order valence-corrected chi connectivity index (χ4v) is 4.34. The number of sulfonamides is 1. The number of sulfone groups is 1. The summed E-state index contributed by atoms with van der Waals surface area (Å²) in [5, 5.41) is 0. The van der Waals surface area contributed by atoms with Crippen molar-refractivity contribution < 1.29 is 16.8 Å². The second kappa shape index (κ2) is 8.30. The molecule has 0 aromatic heterocycles. The van der Waals surface area contributed by atoms with Gasteiger partial charge in [-0.2, -0.15) is 0 Å². The van der Waals surface area contributed by atoms with E-state index < -0.39 is 19.9 Å². The summed E-state index contributed by atoms with van der Waals surface area (Å²) in [5.74, 6) is 0. The largest absolute Gasteiger partial charge is 0.305 e. The fraction of sp³-hybridized carbons (Fsp3) is 0.333. The van der Waals surface area contributed by atoms with Crippen molar-refractivity contribution in [2.24, 2.45) is 0 Å². The normalized spacial score (nSPS) is 13.7. The van der Waals surface area contributed by atoms with E-state index in [1.54, 1.807) is 0 Å². The van der Waals surface area contributed by atoms with Crippen LogP contribution in [0.1, 0.15) is 5.56 Å². The smallest absolute Gasteiger partial charge is 0.240 e. The molecule has 0 aliphatic rings. The molecule has 0 aliphatic heterocycles. The molecule has 0 saturated heterocycles. The Balaban J connectivity index is 2.15. The van der Waals surface area contributed by atoms with Gasteiger partial charge >= 0.3 is 0 Å². The second-order valence-electron chi connectivity index (χ2n) is 6.41. The number of hydrogen-bond donors (Lipinski definition) is 1. The lowest BCUT2D eigenvalue weighted by Crippen LogP contribution is -2.41. The van der Waals surface area contributed by atoms with E-state index in [2.05, 4.69) is 4.72 Å². The Kier molecular flexibility index (Phi) is 6.57. The fourth-order valence-electron chi connectivity index (χ4n) is 2.48. The Morgan fingerprint density at radius 1 is 0.923 bits per heavy atom. The minimum absolute atomic E-state index is 0.0196. The number of nitrogens with zero attached hydrogens (tertiary/aromatic N) is 1. The average Bonchev–Trinajstić information content (AvgIpc) is 2.58.